The average molecular weight is 339 g/mol. The van der Waals surface area contributed by atoms with Crippen LogP contribution in [-0.2, 0) is 13.6 Å². The topological polar surface area (TPSA) is 69.2 Å². The lowest BCUT2D eigenvalue weighted by atomic mass is 10.1. The van der Waals surface area contributed by atoms with Gasteiger partial charge in [0.1, 0.15) is 5.75 Å². The second kappa shape index (κ2) is 6.68. The molecule has 0 unspecified atom stereocenters. The molecule has 130 valence electrons. The Morgan fingerprint density at radius 3 is 2.80 bits per heavy atom. The van der Waals surface area contributed by atoms with Crippen LogP contribution < -0.4 is 4.74 Å². The molecule has 7 heteroatoms. The van der Waals surface area contributed by atoms with Gasteiger partial charge >= 0.3 is 0 Å². The predicted octanol–water partition coefficient (Wildman–Crippen LogP) is 2.82. The molecule has 1 aliphatic rings. The predicted molar refractivity (Wildman–Crippen MR) is 91.9 cm³/mol. The fourth-order valence-electron chi connectivity index (χ4n) is 3.35. The quantitative estimate of drug-likeness (QED) is 0.712. The largest absolute Gasteiger partial charge is 0.497 e. The van der Waals surface area contributed by atoms with Gasteiger partial charge in [0, 0.05) is 30.4 Å². The van der Waals surface area contributed by atoms with Crippen LogP contribution in [0.2, 0.25) is 0 Å². The van der Waals surface area contributed by atoms with E-state index in [0.29, 0.717) is 24.4 Å². The summed E-state index contributed by atoms with van der Waals surface area (Å²) < 4.78 is 12.9. The van der Waals surface area contributed by atoms with E-state index >= 15 is 0 Å². The van der Waals surface area contributed by atoms with E-state index in [-0.39, 0.29) is 0 Å². The zero-order valence-corrected chi connectivity index (χ0v) is 14.4. The lowest BCUT2D eigenvalue weighted by Crippen LogP contribution is -2.22. The van der Waals surface area contributed by atoms with Crippen LogP contribution in [0.25, 0.3) is 11.5 Å². The van der Waals surface area contributed by atoms with Crippen LogP contribution in [0.3, 0.4) is 0 Å². The van der Waals surface area contributed by atoms with Crippen LogP contribution in [0.15, 0.2) is 41.1 Å². The molecule has 0 spiro atoms. The van der Waals surface area contributed by atoms with Crippen molar-refractivity contribution in [1.82, 2.24) is 24.9 Å². The van der Waals surface area contributed by atoms with E-state index in [9.17, 15) is 0 Å². The second-order valence-corrected chi connectivity index (χ2v) is 6.31. The summed E-state index contributed by atoms with van der Waals surface area (Å²) in [5, 5.41) is 12.7. The van der Waals surface area contributed by atoms with Crippen molar-refractivity contribution in [2.75, 3.05) is 13.7 Å². The monoisotopic (exact) mass is 339 g/mol. The zero-order chi connectivity index (χ0) is 17.2. The third kappa shape index (κ3) is 3.28. The molecule has 3 aromatic rings. The molecule has 0 N–H and O–H groups in total. The van der Waals surface area contributed by atoms with Crippen LogP contribution in [0.4, 0.5) is 0 Å². The Bertz CT molecular complexity index is 839. The van der Waals surface area contributed by atoms with E-state index in [0.717, 1.165) is 24.3 Å². The molecule has 1 saturated heterocycles. The number of hydrogen-bond acceptors (Lipinski definition) is 6. The van der Waals surface area contributed by atoms with Gasteiger partial charge in [-0.05, 0) is 43.7 Å². The van der Waals surface area contributed by atoms with Gasteiger partial charge in [-0.3, -0.25) is 9.58 Å². The van der Waals surface area contributed by atoms with Gasteiger partial charge in [-0.2, -0.15) is 5.10 Å². The van der Waals surface area contributed by atoms with Crippen molar-refractivity contribution < 1.29 is 9.15 Å². The number of rotatable bonds is 5. The molecule has 0 saturated carbocycles. The van der Waals surface area contributed by atoms with Gasteiger partial charge in [-0.25, -0.2) is 0 Å². The maximum absolute atomic E-state index is 5.87. The van der Waals surface area contributed by atoms with Crippen molar-refractivity contribution in [3.63, 3.8) is 0 Å². The van der Waals surface area contributed by atoms with Gasteiger partial charge in [-0.1, -0.05) is 0 Å². The number of nitrogens with zero attached hydrogens (tertiary/aromatic N) is 5. The van der Waals surface area contributed by atoms with Crippen molar-refractivity contribution in [3.05, 3.63) is 48.1 Å². The second-order valence-electron chi connectivity index (χ2n) is 6.31. The number of hydrogen-bond donors (Lipinski definition) is 0. The maximum atomic E-state index is 5.87. The van der Waals surface area contributed by atoms with Crippen molar-refractivity contribution >= 4 is 0 Å². The summed E-state index contributed by atoms with van der Waals surface area (Å²) in [4.78, 5) is 2.38. The van der Waals surface area contributed by atoms with Crippen LogP contribution in [-0.4, -0.2) is 38.5 Å². The van der Waals surface area contributed by atoms with Gasteiger partial charge < -0.3 is 9.15 Å². The van der Waals surface area contributed by atoms with Crippen molar-refractivity contribution in [2.24, 2.45) is 7.05 Å². The summed E-state index contributed by atoms with van der Waals surface area (Å²) >= 11 is 0. The number of ether oxygens (including phenoxy) is 1. The van der Waals surface area contributed by atoms with Gasteiger partial charge in [-0.15, -0.1) is 10.2 Å². The highest BCUT2D eigenvalue weighted by atomic mass is 16.5. The van der Waals surface area contributed by atoms with E-state index in [4.69, 9.17) is 9.15 Å². The number of aromatic nitrogens is 4. The first kappa shape index (κ1) is 15.8. The third-order valence-electron chi connectivity index (χ3n) is 4.62. The fraction of sp³-hybridized carbons (Fsp3) is 0.389. The molecule has 1 fully saturated rings. The Morgan fingerprint density at radius 1 is 1.24 bits per heavy atom. The Kier molecular flexibility index (Phi) is 4.23. The maximum Gasteiger partial charge on any atom is 0.247 e. The van der Waals surface area contributed by atoms with Crippen molar-refractivity contribution in [3.8, 4) is 17.2 Å². The highest BCUT2D eigenvalue weighted by Gasteiger charge is 2.28. The SMILES string of the molecule is COc1ccc(-c2nnc(CN3CCC[C@H]3c3cnn(C)c3)o2)cc1. The van der Waals surface area contributed by atoms with Crippen LogP contribution in [0.1, 0.15) is 30.3 Å². The number of benzene rings is 1. The van der Waals surface area contributed by atoms with E-state index in [1.165, 1.54) is 12.0 Å². The number of methoxy groups -OCH3 is 1. The standard InChI is InChI=1S/C18H21N5O2/c1-22-11-14(10-19-22)16-4-3-9-23(16)12-17-20-21-18(25-17)13-5-7-15(24-2)8-6-13/h5-8,10-11,16H,3-4,9,12H2,1-2H3/t16-/m0/s1. The van der Waals surface area contributed by atoms with Crippen molar-refractivity contribution in [1.29, 1.82) is 0 Å². The minimum atomic E-state index is 0.366. The molecular formula is C18H21N5O2. The first-order valence-electron chi connectivity index (χ1n) is 8.42. The van der Waals surface area contributed by atoms with Gasteiger partial charge in [0.15, 0.2) is 0 Å². The fourth-order valence-corrected chi connectivity index (χ4v) is 3.35. The molecule has 3 heterocycles. The molecule has 1 atom stereocenters. The zero-order valence-electron chi connectivity index (χ0n) is 14.4. The van der Waals surface area contributed by atoms with E-state index in [1.54, 1.807) is 7.11 Å². The number of aryl methyl sites for hydroxylation is 1. The summed E-state index contributed by atoms with van der Waals surface area (Å²) in [6, 6.07) is 7.98. The summed E-state index contributed by atoms with van der Waals surface area (Å²) in [6.07, 6.45) is 6.32. The molecule has 0 aliphatic carbocycles. The average Bonchev–Trinajstić information content (AvgIpc) is 3.36. The minimum absolute atomic E-state index is 0.366. The van der Waals surface area contributed by atoms with E-state index in [1.807, 2.05) is 42.2 Å². The normalized spacial score (nSPS) is 17.9. The lowest BCUT2D eigenvalue weighted by Gasteiger charge is -2.21. The summed E-state index contributed by atoms with van der Waals surface area (Å²) in [5.41, 5.74) is 2.14. The molecule has 0 bridgehead atoms. The molecule has 1 aromatic carbocycles. The Balaban J connectivity index is 1.48. The smallest absolute Gasteiger partial charge is 0.247 e. The summed E-state index contributed by atoms with van der Waals surface area (Å²) in [5.74, 6) is 1.98. The van der Waals surface area contributed by atoms with E-state index in [2.05, 4.69) is 26.4 Å². The molecule has 0 radical (unpaired) electrons. The summed E-state index contributed by atoms with van der Waals surface area (Å²) in [6.45, 7) is 1.68. The van der Waals surface area contributed by atoms with Gasteiger partial charge in [0.25, 0.3) is 0 Å². The highest BCUT2D eigenvalue weighted by molar-refractivity contribution is 5.53. The Morgan fingerprint density at radius 2 is 2.08 bits per heavy atom. The Hall–Kier alpha value is -2.67. The first-order chi connectivity index (χ1) is 12.2. The van der Waals surface area contributed by atoms with Crippen LogP contribution >= 0.6 is 0 Å². The van der Waals surface area contributed by atoms with E-state index < -0.39 is 0 Å². The first-order valence-corrected chi connectivity index (χ1v) is 8.42. The molecule has 2 aromatic heterocycles. The minimum Gasteiger partial charge on any atom is -0.497 e. The van der Waals surface area contributed by atoms with Gasteiger partial charge in [0.2, 0.25) is 11.8 Å². The molecule has 0 amide bonds. The molecule has 7 nitrogen and oxygen atoms in total. The molecule has 1 aliphatic heterocycles. The number of likely N-dealkylation sites (tertiary alicyclic amines) is 1. The molecule has 25 heavy (non-hydrogen) atoms. The molecular weight excluding hydrogens is 318 g/mol. The molecule has 4 rings (SSSR count). The van der Waals surface area contributed by atoms with Crippen LogP contribution in [0.5, 0.6) is 5.75 Å². The highest BCUT2D eigenvalue weighted by Crippen LogP contribution is 2.33. The third-order valence-corrected chi connectivity index (χ3v) is 4.62. The van der Waals surface area contributed by atoms with Crippen LogP contribution in [0, 0.1) is 0 Å². The lowest BCUT2D eigenvalue weighted by molar-refractivity contribution is 0.224. The summed E-state index contributed by atoms with van der Waals surface area (Å²) in [7, 11) is 3.59. The van der Waals surface area contributed by atoms with Crippen molar-refractivity contribution in [2.45, 2.75) is 25.4 Å². The van der Waals surface area contributed by atoms with Gasteiger partial charge in [0.05, 0.1) is 19.9 Å². The Labute approximate surface area is 146 Å².